The van der Waals surface area contributed by atoms with Crippen LogP contribution in [0.15, 0.2) is 47.0 Å². The highest BCUT2D eigenvalue weighted by atomic mass is 16.5. The largest absolute Gasteiger partial charge is 0.361 e. The monoisotopic (exact) mass is 337 g/mol. The highest BCUT2D eigenvalue weighted by molar-refractivity contribution is 5.83. The van der Waals surface area contributed by atoms with Crippen molar-refractivity contribution in [1.29, 1.82) is 0 Å². The first-order valence-electron chi connectivity index (χ1n) is 8.48. The number of rotatable bonds is 6. The summed E-state index contributed by atoms with van der Waals surface area (Å²) in [6.45, 7) is 4.11. The molecule has 3 rings (SSSR count). The van der Waals surface area contributed by atoms with Crippen LogP contribution in [0.5, 0.6) is 0 Å². The number of benzene rings is 2. The maximum atomic E-state index is 12.3. The molecule has 25 heavy (non-hydrogen) atoms. The molecule has 5 heteroatoms. The van der Waals surface area contributed by atoms with Crippen LogP contribution in [0.1, 0.15) is 35.0 Å². The normalized spacial score (nSPS) is 12.3. The van der Waals surface area contributed by atoms with Crippen molar-refractivity contribution in [3.8, 4) is 0 Å². The van der Waals surface area contributed by atoms with E-state index in [1.54, 1.807) is 0 Å². The number of carbonyl (C=O) groups is 1. The Morgan fingerprint density at radius 2 is 1.96 bits per heavy atom. The standard InChI is InChI=1S/C20H23N3O2/c1-13-18(14(2)25-23-13)9-10-20(24)22-19(12-21)17-8-7-15-5-3-4-6-16(15)11-17/h3-8,11,19H,9-10,12,21H2,1-2H3,(H,22,24). The van der Waals surface area contributed by atoms with E-state index in [-0.39, 0.29) is 11.9 Å². The zero-order valence-electron chi connectivity index (χ0n) is 14.6. The van der Waals surface area contributed by atoms with Crippen LogP contribution in [0.4, 0.5) is 0 Å². The van der Waals surface area contributed by atoms with Gasteiger partial charge in [0, 0.05) is 18.5 Å². The number of carbonyl (C=O) groups excluding carboxylic acids is 1. The first kappa shape index (κ1) is 17.2. The van der Waals surface area contributed by atoms with E-state index in [0.29, 0.717) is 19.4 Å². The minimum Gasteiger partial charge on any atom is -0.361 e. The zero-order chi connectivity index (χ0) is 17.8. The molecule has 5 nitrogen and oxygen atoms in total. The SMILES string of the molecule is Cc1noc(C)c1CCC(=O)NC(CN)c1ccc2ccccc2c1. The number of nitrogens with zero attached hydrogens (tertiary/aromatic N) is 1. The molecular weight excluding hydrogens is 314 g/mol. The quantitative estimate of drug-likeness (QED) is 0.724. The van der Waals surface area contributed by atoms with Gasteiger partial charge in [0.15, 0.2) is 0 Å². The topological polar surface area (TPSA) is 81.2 Å². The maximum absolute atomic E-state index is 12.3. The summed E-state index contributed by atoms with van der Waals surface area (Å²) < 4.78 is 5.14. The molecule has 3 N–H and O–H groups in total. The first-order chi connectivity index (χ1) is 12.1. The highest BCUT2D eigenvalue weighted by Crippen LogP contribution is 2.20. The highest BCUT2D eigenvalue weighted by Gasteiger charge is 2.15. The summed E-state index contributed by atoms with van der Waals surface area (Å²) in [4.78, 5) is 12.3. The molecule has 0 aliphatic rings. The van der Waals surface area contributed by atoms with Crippen molar-refractivity contribution in [2.24, 2.45) is 5.73 Å². The summed E-state index contributed by atoms with van der Waals surface area (Å²) in [6, 6.07) is 14.1. The van der Waals surface area contributed by atoms with Crippen molar-refractivity contribution in [3.05, 3.63) is 65.0 Å². The summed E-state index contributed by atoms with van der Waals surface area (Å²) in [5.74, 6) is 0.749. The molecule has 0 radical (unpaired) electrons. The molecule has 0 spiro atoms. The molecule has 1 unspecified atom stereocenters. The van der Waals surface area contributed by atoms with Crippen molar-refractivity contribution in [2.45, 2.75) is 32.7 Å². The maximum Gasteiger partial charge on any atom is 0.220 e. The van der Waals surface area contributed by atoms with Gasteiger partial charge in [-0.3, -0.25) is 4.79 Å². The van der Waals surface area contributed by atoms with E-state index >= 15 is 0 Å². The van der Waals surface area contributed by atoms with Gasteiger partial charge in [0.25, 0.3) is 0 Å². The smallest absolute Gasteiger partial charge is 0.220 e. The van der Waals surface area contributed by atoms with Crippen LogP contribution in [-0.2, 0) is 11.2 Å². The van der Waals surface area contributed by atoms with Crippen LogP contribution in [0, 0.1) is 13.8 Å². The molecule has 0 saturated heterocycles. The molecule has 1 atom stereocenters. The van der Waals surface area contributed by atoms with Gasteiger partial charge in [-0.05, 0) is 42.7 Å². The summed E-state index contributed by atoms with van der Waals surface area (Å²) in [7, 11) is 0. The summed E-state index contributed by atoms with van der Waals surface area (Å²) in [6.07, 6.45) is 0.995. The Morgan fingerprint density at radius 3 is 2.64 bits per heavy atom. The van der Waals surface area contributed by atoms with E-state index in [9.17, 15) is 4.79 Å². The number of hydrogen-bond donors (Lipinski definition) is 2. The molecule has 0 aliphatic carbocycles. The van der Waals surface area contributed by atoms with Crippen molar-refractivity contribution in [2.75, 3.05) is 6.54 Å². The Labute approximate surface area is 147 Å². The summed E-state index contributed by atoms with van der Waals surface area (Å²) >= 11 is 0. The van der Waals surface area contributed by atoms with Gasteiger partial charge in [0.2, 0.25) is 5.91 Å². The second kappa shape index (κ2) is 7.49. The third-order valence-corrected chi connectivity index (χ3v) is 4.53. The molecule has 2 aromatic carbocycles. The Morgan fingerprint density at radius 1 is 1.20 bits per heavy atom. The number of hydrogen-bond acceptors (Lipinski definition) is 4. The minimum atomic E-state index is -0.193. The van der Waals surface area contributed by atoms with Crippen molar-refractivity contribution in [1.82, 2.24) is 10.5 Å². The van der Waals surface area contributed by atoms with Gasteiger partial charge in [0.05, 0.1) is 11.7 Å². The number of nitrogens with two attached hydrogens (primary N) is 1. The van der Waals surface area contributed by atoms with Gasteiger partial charge in [-0.25, -0.2) is 0 Å². The van der Waals surface area contributed by atoms with Crippen molar-refractivity contribution >= 4 is 16.7 Å². The molecule has 130 valence electrons. The van der Waals surface area contributed by atoms with E-state index in [2.05, 4.69) is 34.7 Å². The van der Waals surface area contributed by atoms with Gasteiger partial charge in [-0.15, -0.1) is 0 Å². The molecule has 0 aliphatic heterocycles. The Balaban J connectivity index is 1.67. The van der Waals surface area contributed by atoms with E-state index in [4.69, 9.17) is 10.3 Å². The van der Waals surface area contributed by atoms with E-state index < -0.39 is 0 Å². The van der Waals surface area contributed by atoms with Crippen LogP contribution < -0.4 is 11.1 Å². The number of nitrogens with one attached hydrogen (secondary N) is 1. The van der Waals surface area contributed by atoms with E-state index in [0.717, 1.165) is 28.0 Å². The van der Waals surface area contributed by atoms with Crippen LogP contribution in [-0.4, -0.2) is 17.6 Å². The molecular formula is C20H23N3O2. The average Bonchev–Trinajstić information content (AvgIpc) is 2.95. The first-order valence-corrected chi connectivity index (χ1v) is 8.48. The van der Waals surface area contributed by atoms with Gasteiger partial charge in [0.1, 0.15) is 5.76 Å². The predicted molar refractivity (Wildman–Crippen MR) is 98.2 cm³/mol. The van der Waals surface area contributed by atoms with Crippen molar-refractivity contribution < 1.29 is 9.32 Å². The third-order valence-electron chi connectivity index (χ3n) is 4.53. The molecule has 1 heterocycles. The second-order valence-corrected chi connectivity index (χ2v) is 6.27. The van der Waals surface area contributed by atoms with Gasteiger partial charge in [-0.2, -0.15) is 0 Å². The van der Waals surface area contributed by atoms with Crippen LogP contribution >= 0.6 is 0 Å². The predicted octanol–water partition coefficient (Wildman–Crippen LogP) is 3.19. The van der Waals surface area contributed by atoms with Gasteiger partial charge in [-0.1, -0.05) is 41.6 Å². The lowest BCUT2D eigenvalue weighted by molar-refractivity contribution is -0.121. The van der Waals surface area contributed by atoms with E-state index in [1.165, 1.54) is 5.39 Å². The van der Waals surface area contributed by atoms with E-state index in [1.807, 2.05) is 32.0 Å². The van der Waals surface area contributed by atoms with Gasteiger partial charge >= 0.3 is 0 Å². The molecule has 0 saturated carbocycles. The number of amides is 1. The third kappa shape index (κ3) is 3.88. The zero-order valence-corrected chi connectivity index (χ0v) is 14.6. The number of aromatic nitrogens is 1. The Hall–Kier alpha value is -2.66. The Kier molecular flexibility index (Phi) is 5.14. The number of aryl methyl sites for hydroxylation is 2. The van der Waals surface area contributed by atoms with Crippen LogP contribution in [0.2, 0.25) is 0 Å². The fourth-order valence-electron chi connectivity index (χ4n) is 3.07. The lowest BCUT2D eigenvalue weighted by Crippen LogP contribution is -2.33. The lowest BCUT2D eigenvalue weighted by atomic mass is 10.0. The van der Waals surface area contributed by atoms with Crippen LogP contribution in [0.25, 0.3) is 10.8 Å². The minimum absolute atomic E-state index is 0.0244. The fraction of sp³-hybridized carbons (Fsp3) is 0.300. The number of fused-ring (bicyclic) bond motifs is 1. The molecule has 3 aromatic rings. The second-order valence-electron chi connectivity index (χ2n) is 6.27. The summed E-state index contributed by atoms with van der Waals surface area (Å²) in [5.41, 5.74) is 8.76. The molecule has 0 bridgehead atoms. The average molecular weight is 337 g/mol. The molecule has 1 amide bonds. The molecule has 0 fully saturated rings. The fourth-order valence-corrected chi connectivity index (χ4v) is 3.07. The summed E-state index contributed by atoms with van der Waals surface area (Å²) in [5, 5.41) is 9.27. The van der Waals surface area contributed by atoms with Crippen LogP contribution in [0.3, 0.4) is 0 Å². The van der Waals surface area contributed by atoms with Crippen molar-refractivity contribution in [3.63, 3.8) is 0 Å². The Bertz CT molecular complexity index is 866. The molecule has 1 aromatic heterocycles. The lowest BCUT2D eigenvalue weighted by Gasteiger charge is -2.18. The van der Waals surface area contributed by atoms with Gasteiger partial charge < -0.3 is 15.6 Å².